The van der Waals surface area contributed by atoms with Crippen LogP contribution in [0.4, 0.5) is 0 Å². The fourth-order valence-electron chi connectivity index (χ4n) is 3.53. The Kier molecular flexibility index (Phi) is 5.15. The minimum absolute atomic E-state index is 0.251. The topological polar surface area (TPSA) is 57.9 Å². The highest BCUT2D eigenvalue weighted by Gasteiger charge is 2.33. The van der Waals surface area contributed by atoms with Crippen molar-refractivity contribution in [1.82, 2.24) is 10.3 Å². The van der Waals surface area contributed by atoms with Gasteiger partial charge in [0.15, 0.2) is 0 Å². The van der Waals surface area contributed by atoms with Gasteiger partial charge in [0.2, 0.25) is 0 Å². The Morgan fingerprint density at radius 2 is 2.12 bits per heavy atom. The molecule has 2 aliphatic rings. The molecule has 0 bridgehead atoms. The number of nitrogens with one attached hydrogen (secondary N) is 1. The molecule has 3 heterocycles. The third kappa shape index (κ3) is 3.44. The predicted octanol–water partition coefficient (Wildman–Crippen LogP) is 3.00. The van der Waals surface area contributed by atoms with Gasteiger partial charge in [0, 0.05) is 17.9 Å². The Morgan fingerprint density at radius 1 is 1.38 bits per heavy atom. The third-order valence-electron chi connectivity index (χ3n) is 4.75. The second kappa shape index (κ2) is 7.15. The first-order chi connectivity index (χ1) is 11.6. The lowest BCUT2D eigenvalue weighted by molar-refractivity contribution is -0.0410. The molecular formula is C19H23N3OS. The second-order valence-electron chi connectivity index (χ2n) is 6.99. The molecule has 0 aliphatic carbocycles. The lowest BCUT2D eigenvalue weighted by atomic mass is 9.84. The van der Waals surface area contributed by atoms with Gasteiger partial charge >= 0.3 is 0 Å². The van der Waals surface area contributed by atoms with E-state index in [4.69, 9.17) is 16.1 Å². The molecule has 4 nitrogen and oxygen atoms in total. The van der Waals surface area contributed by atoms with Crippen molar-refractivity contribution in [2.45, 2.75) is 56.3 Å². The number of aromatic nitrogens is 1. The highest BCUT2D eigenvalue weighted by atomic mass is 32.2. The first-order valence-electron chi connectivity index (χ1n) is 8.42. The minimum Gasteiger partial charge on any atom is -0.370 e. The van der Waals surface area contributed by atoms with Gasteiger partial charge in [-0.05, 0) is 45.3 Å². The number of pyridine rings is 1. The summed E-state index contributed by atoms with van der Waals surface area (Å²) in [7, 11) is 0. The van der Waals surface area contributed by atoms with Crippen LogP contribution in [0.15, 0.2) is 5.03 Å². The van der Waals surface area contributed by atoms with Gasteiger partial charge in [-0.1, -0.05) is 17.7 Å². The molecule has 0 amide bonds. The number of hydrogen-bond acceptors (Lipinski definition) is 5. The molecule has 1 aromatic heterocycles. The highest BCUT2D eigenvalue weighted by Crippen LogP contribution is 2.39. The van der Waals surface area contributed by atoms with Crippen molar-refractivity contribution in [2.75, 3.05) is 18.8 Å². The van der Waals surface area contributed by atoms with Gasteiger partial charge in [0.25, 0.3) is 0 Å². The molecular weight excluding hydrogens is 318 g/mol. The maximum absolute atomic E-state index is 9.74. The molecule has 0 spiro atoms. The molecule has 2 aliphatic heterocycles. The summed E-state index contributed by atoms with van der Waals surface area (Å²) in [6.45, 7) is 6.73. The summed E-state index contributed by atoms with van der Waals surface area (Å²) in [5.41, 5.74) is 3.83. The van der Waals surface area contributed by atoms with E-state index >= 15 is 0 Å². The van der Waals surface area contributed by atoms with Gasteiger partial charge in [-0.25, -0.2) is 4.98 Å². The number of terminal acetylenes is 1. The fourth-order valence-corrected chi connectivity index (χ4v) is 4.23. The third-order valence-corrected chi connectivity index (χ3v) is 5.63. The predicted molar refractivity (Wildman–Crippen MR) is 95.9 cm³/mol. The van der Waals surface area contributed by atoms with Crippen molar-refractivity contribution in [2.24, 2.45) is 0 Å². The van der Waals surface area contributed by atoms with Crippen molar-refractivity contribution in [1.29, 1.82) is 5.26 Å². The van der Waals surface area contributed by atoms with E-state index in [2.05, 4.69) is 31.2 Å². The molecule has 1 fully saturated rings. The standard InChI is InChI=1S/C19H23N3OS/c1-4-9-24-18-15(11-20)14-10-19(2,3)23-12-16(14)17(22-18)13-5-7-21-8-6-13/h1,13,21H,5-10,12H2,2-3H3. The van der Waals surface area contributed by atoms with E-state index in [0.717, 1.165) is 54.2 Å². The zero-order chi connectivity index (χ0) is 17.2. The summed E-state index contributed by atoms with van der Waals surface area (Å²) >= 11 is 1.50. The summed E-state index contributed by atoms with van der Waals surface area (Å²) in [4.78, 5) is 4.90. The first-order valence-corrected chi connectivity index (χ1v) is 9.41. The van der Waals surface area contributed by atoms with Crippen LogP contribution < -0.4 is 5.32 Å². The molecule has 3 rings (SSSR count). The van der Waals surface area contributed by atoms with Gasteiger partial charge in [0.05, 0.1) is 29.2 Å². The number of nitriles is 1. The fraction of sp³-hybridized carbons (Fsp3) is 0.579. The van der Waals surface area contributed by atoms with E-state index in [-0.39, 0.29) is 5.60 Å². The molecule has 0 aromatic carbocycles. The van der Waals surface area contributed by atoms with E-state index < -0.39 is 0 Å². The van der Waals surface area contributed by atoms with E-state index in [1.165, 1.54) is 11.8 Å². The van der Waals surface area contributed by atoms with Crippen LogP contribution in [0.1, 0.15) is 55.0 Å². The molecule has 0 saturated carbocycles. The van der Waals surface area contributed by atoms with Crippen molar-refractivity contribution in [3.63, 3.8) is 0 Å². The number of thioether (sulfide) groups is 1. The lowest BCUT2D eigenvalue weighted by Gasteiger charge is -2.35. The van der Waals surface area contributed by atoms with E-state index in [0.29, 0.717) is 23.8 Å². The molecule has 5 heteroatoms. The molecule has 0 unspecified atom stereocenters. The van der Waals surface area contributed by atoms with Crippen LogP contribution in [-0.2, 0) is 17.8 Å². The minimum atomic E-state index is -0.251. The van der Waals surface area contributed by atoms with Crippen LogP contribution in [0.3, 0.4) is 0 Å². The molecule has 1 N–H and O–H groups in total. The normalized spacial score (nSPS) is 20.0. The molecule has 1 saturated heterocycles. The smallest absolute Gasteiger partial charge is 0.115 e. The van der Waals surface area contributed by atoms with Crippen molar-refractivity contribution in [3.8, 4) is 18.4 Å². The van der Waals surface area contributed by atoms with Crippen molar-refractivity contribution < 1.29 is 4.74 Å². The van der Waals surface area contributed by atoms with Gasteiger partial charge in [0.1, 0.15) is 11.1 Å². The van der Waals surface area contributed by atoms with Gasteiger partial charge < -0.3 is 10.1 Å². The molecule has 24 heavy (non-hydrogen) atoms. The Morgan fingerprint density at radius 3 is 2.79 bits per heavy atom. The quantitative estimate of drug-likeness (QED) is 0.676. The lowest BCUT2D eigenvalue weighted by Crippen LogP contribution is -2.35. The van der Waals surface area contributed by atoms with E-state index in [9.17, 15) is 5.26 Å². The molecule has 0 atom stereocenters. The summed E-state index contributed by atoms with van der Waals surface area (Å²) < 4.78 is 6.04. The monoisotopic (exact) mass is 341 g/mol. The van der Waals surface area contributed by atoms with Gasteiger partial charge in [-0.2, -0.15) is 5.26 Å². The molecule has 126 valence electrons. The maximum atomic E-state index is 9.74. The Hall–Kier alpha value is -1.53. The van der Waals surface area contributed by atoms with Crippen molar-refractivity contribution in [3.05, 3.63) is 22.4 Å². The van der Waals surface area contributed by atoms with Gasteiger partial charge in [-0.15, -0.1) is 6.42 Å². The van der Waals surface area contributed by atoms with Crippen LogP contribution >= 0.6 is 11.8 Å². The Balaban J connectivity index is 2.11. The Labute approximate surface area is 148 Å². The molecule has 0 radical (unpaired) electrons. The number of hydrogen-bond donors (Lipinski definition) is 1. The van der Waals surface area contributed by atoms with E-state index in [1.54, 1.807) is 0 Å². The Bertz CT molecular complexity index is 709. The number of ether oxygens (including phenoxy) is 1. The van der Waals surface area contributed by atoms with Crippen LogP contribution in [0.5, 0.6) is 0 Å². The average molecular weight is 341 g/mol. The zero-order valence-electron chi connectivity index (χ0n) is 14.3. The average Bonchev–Trinajstić information content (AvgIpc) is 2.58. The number of piperidine rings is 1. The van der Waals surface area contributed by atoms with Crippen LogP contribution in [0.25, 0.3) is 0 Å². The summed E-state index contributed by atoms with van der Waals surface area (Å²) in [6.07, 6.45) is 8.32. The number of rotatable bonds is 3. The summed E-state index contributed by atoms with van der Waals surface area (Å²) in [5, 5.41) is 13.9. The van der Waals surface area contributed by atoms with E-state index in [1.807, 2.05) is 0 Å². The zero-order valence-corrected chi connectivity index (χ0v) is 15.1. The number of fused-ring (bicyclic) bond motifs is 1. The van der Waals surface area contributed by atoms with Crippen LogP contribution in [0, 0.1) is 23.7 Å². The van der Waals surface area contributed by atoms with Crippen molar-refractivity contribution >= 4 is 11.8 Å². The second-order valence-corrected chi connectivity index (χ2v) is 7.95. The maximum Gasteiger partial charge on any atom is 0.115 e. The van der Waals surface area contributed by atoms with Crippen LogP contribution in [-0.4, -0.2) is 29.4 Å². The highest BCUT2D eigenvalue weighted by molar-refractivity contribution is 7.99. The van der Waals surface area contributed by atoms with Crippen LogP contribution in [0.2, 0.25) is 0 Å². The largest absolute Gasteiger partial charge is 0.370 e. The summed E-state index contributed by atoms with van der Waals surface area (Å²) in [6, 6.07) is 2.38. The molecule has 1 aromatic rings. The first kappa shape index (κ1) is 17.3. The SMILES string of the molecule is C#CCSc1nc(C2CCNCC2)c2c(c1C#N)CC(C)(C)OC2. The summed E-state index contributed by atoms with van der Waals surface area (Å²) in [5.74, 6) is 3.61. The van der Waals surface area contributed by atoms with Gasteiger partial charge in [-0.3, -0.25) is 0 Å². The number of nitrogens with zero attached hydrogens (tertiary/aromatic N) is 2.